The Balaban J connectivity index is 1.89. The molecule has 2 atom stereocenters. The topological polar surface area (TPSA) is 29.3 Å². The first-order chi connectivity index (χ1) is 7.68. The predicted molar refractivity (Wildman–Crippen MR) is 67.9 cm³/mol. The summed E-state index contributed by atoms with van der Waals surface area (Å²) in [5.41, 5.74) is 2.74. The second-order valence-corrected chi connectivity index (χ2v) is 4.80. The second-order valence-electron chi connectivity index (χ2n) is 4.80. The van der Waals surface area contributed by atoms with E-state index in [1.807, 2.05) is 5.01 Å². The lowest BCUT2D eigenvalue weighted by Gasteiger charge is -2.14. The molecular weight excluding hydrogens is 196 g/mol. The zero-order chi connectivity index (χ0) is 11.5. The summed E-state index contributed by atoms with van der Waals surface area (Å²) < 4.78 is 0. The van der Waals surface area contributed by atoms with Gasteiger partial charge in [-0.2, -0.15) is 0 Å². The summed E-state index contributed by atoms with van der Waals surface area (Å²) in [6, 6.07) is 11.2. The lowest BCUT2D eigenvalue weighted by molar-refractivity contribution is 0.297. The molecule has 0 radical (unpaired) electrons. The van der Waals surface area contributed by atoms with Crippen LogP contribution in [-0.4, -0.2) is 17.6 Å². The van der Waals surface area contributed by atoms with Crippen molar-refractivity contribution in [2.75, 3.05) is 6.54 Å². The molecule has 0 bridgehead atoms. The van der Waals surface area contributed by atoms with Crippen LogP contribution in [0.3, 0.4) is 0 Å². The minimum Gasteiger partial charge on any atom is -0.268 e. The Morgan fingerprint density at radius 2 is 2.06 bits per heavy atom. The minimum atomic E-state index is 0.526. The van der Waals surface area contributed by atoms with E-state index < -0.39 is 0 Å². The molecule has 1 aromatic carbocycles. The Hall–Kier alpha value is -1.12. The van der Waals surface area contributed by atoms with Crippen LogP contribution in [0, 0.1) is 0 Å². The highest BCUT2D eigenvalue weighted by atomic mass is 15.4. The first kappa shape index (κ1) is 11.4. The number of rotatable bonds is 4. The molecule has 1 aromatic rings. The third-order valence-corrected chi connectivity index (χ3v) is 3.12. The van der Waals surface area contributed by atoms with Crippen molar-refractivity contribution in [3.8, 4) is 0 Å². The average molecular weight is 216 g/mol. The molecule has 2 N–H and O–H groups in total. The maximum atomic E-state index is 6.04. The van der Waals surface area contributed by atoms with Crippen LogP contribution in [0.15, 0.2) is 42.0 Å². The molecule has 1 aliphatic rings. The zero-order valence-corrected chi connectivity index (χ0v) is 10.1. The molecule has 0 saturated heterocycles. The third-order valence-electron chi connectivity index (χ3n) is 3.12. The SMILES string of the molecule is CC(C)=CCN(N)C1CC1c1ccccc1. The number of hydrogen-bond acceptors (Lipinski definition) is 2. The van der Waals surface area contributed by atoms with Gasteiger partial charge < -0.3 is 0 Å². The highest BCUT2D eigenvalue weighted by Crippen LogP contribution is 2.43. The van der Waals surface area contributed by atoms with Crippen molar-refractivity contribution in [1.82, 2.24) is 5.01 Å². The van der Waals surface area contributed by atoms with Crippen molar-refractivity contribution < 1.29 is 0 Å². The Kier molecular flexibility index (Phi) is 3.42. The number of hydrazine groups is 1. The van der Waals surface area contributed by atoms with Crippen LogP contribution in [0.5, 0.6) is 0 Å². The van der Waals surface area contributed by atoms with Crippen LogP contribution in [-0.2, 0) is 0 Å². The summed E-state index contributed by atoms with van der Waals surface area (Å²) >= 11 is 0. The van der Waals surface area contributed by atoms with Crippen LogP contribution in [0.1, 0.15) is 31.7 Å². The Labute approximate surface area is 97.7 Å². The first-order valence-corrected chi connectivity index (χ1v) is 5.88. The minimum absolute atomic E-state index is 0.526. The molecule has 0 heterocycles. The van der Waals surface area contributed by atoms with Gasteiger partial charge in [0.15, 0.2) is 0 Å². The van der Waals surface area contributed by atoms with Gasteiger partial charge in [-0.15, -0.1) is 0 Å². The molecule has 0 aliphatic heterocycles. The Morgan fingerprint density at radius 3 is 2.69 bits per heavy atom. The van der Waals surface area contributed by atoms with E-state index in [0.29, 0.717) is 12.0 Å². The fourth-order valence-corrected chi connectivity index (χ4v) is 2.03. The van der Waals surface area contributed by atoms with Crippen molar-refractivity contribution in [2.24, 2.45) is 5.84 Å². The fourth-order valence-electron chi connectivity index (χ4n) is 2.03. The fraction of sp³-hybridized carbons (Fsp3) is 0.429. The van der Waals surface area contributed by atoms with Gasteiger partial charge in [0.1, 0.15) is 0 Å². The van der Waals surface area contributed by atoms with E-state index in [2.05, 4.69) is 50.3 Å². The standard InChI is InChI=1S/C14H20N2/c1-11(2)8-9-16(15)14-10-13(14)12-6-4-3-5-7-12/h3-8,13-14H,9-10,15H2,1-2H3. The van der Waals surface area contributed by atoms with E-state index in [1.165, 1.54) is 17.6 Å². The van der Waals surface area contributed by atoms with Crippen LogP contribution in [0.25, 0.3) is 0 Å². The highest BCUT2D eigenvalue weighted by molar-refractivity contribution is 5.27. The molecule has 2 unspecified atom stereocenters. The summed E-state index contributed by atoms with van der Waals surface area (Å²) in [6.45, 7) is 5.07. The molecule has 0 amide bonds. The van der Waals surface area contributed by atoms with Gasteiger partial charge in [-0.3, -0.25) is 5.84 Å². The highest BCUT2D eigenvalue weighted by Gasteiger charge is 2.41. The molecule has 2 nitrogen and oxygen atoms in total. The Bertz CT molecular complexity index is 366. The third kappa shape index (κ3) is 2.71. The van der Waals surface area contributed by atoms with Crippen molar-refractivity contribution in [1.29, 1.82) is 0 Å². The number of nitrogens with zero attached hydrogens (tertiary/aromatic N) is 1. The van der Waals surface area contributed by atoms with Crippen LogP contribution < -0.4 is 5.84 Å². The van der Waals surface area contributed by atoms with E-state index >= 15 is 0 Å². The van der Waals surface area contributed by atoms with Crippen molar-refractivity contribution >= 4 is 0 Å². The van der Waals surface area contributed by atoms with Gasteiger partial charge in [-0.05, 0) is 25.8 Å². The quantitative estimate of drug-likeness (QED) is 0.476. The molecule has 1 aliphatic carbocycles. The normalized spacial score (nSPS) is 23.2. The number of benzene rings is 1. The predicted octanol–water partition coefficient (Wildman–Crippen LogP) is 2.68. The van der Waals surface area contributed by atoms with Gasteiger partial charge in [0, 0.05) is 18.5 Å². The molecule has 2 rings (SSSR count). The van der Waals surface area contributed by atoms with Gasteiger partial charge in [0.25, 0.3) is 0 Å². The maximum absolute atomic E-state index is 6.04. The number of hydrogen-bond donors (Lipinski definition) is 1. The Morgan fingerprint density at radius 1 is 1.38 bits per heavy atom. The summed E-state index contributed by atoms with van der Waals surface area (Å²) in [4.78, 5) is 0. The molecule has 86 valence electrons. The van der Waals surface area contributed by atoms with Gasteiger partial charge >= 0.3 is 0 Å². The van der Waals surface area contributed by atoms with Crippen LogP contribution in [0.2, 0.25) is 0 Å². The monoisotopic (exact) mass is 216 g/mol. The lowest BCUT2D eigenvalue weighted by Crippen LogP contribution is -2.34. The second kappa shape index (κ2) is 4.81. The van der Waals surface area contributed by atoms with Gasteiger partial charge in [-0.25, -0.2) is 5.01 Å². The van der Waals surface area contributed by atoms with Crippen molar-refractivity contribution in [3.63, 3.8) is 0 Å². The molecule has 1 fully saturated rings. The summed E-state index contributed by atoms with van der Waals surface area (Å²) in [5.74, 6) is 6.68. The van der Waals surface area contributed by atoms with E-state index in [0.717, 1.165) is 6.54 Å². The van der Waals surface area contributed by atoms with Crippen LogP contribution in [0.4, 0.5) is 0 Å². The molecule has 0 spiro atoms. The molecule has 16 heavy (non-hydrogen) atoms. The number of nitrogens with two attached hydrogens (primary N) is 1. The first-order valence-electron chi connectivity index (χ1n) is 5.88. The maximum Gasteiger partial charge on any atom is 0.0320 e. The molecule has 1 saturated carbocycles. The van der Waals surface area contributed by atoms with E-state index in [-0.39, 0.29) is 0 Å². The summed E-state index contributed by atoms with van der Waals surface area (Å²) in [7, 11) is 0. The van der Waals surface area contributed by atoms with Gasteiger partial charge in [-0.1, -0.05) is 42.0 Å². The number of allylic oxidation sites excluding steroid dienone is 1. The molecule has 0 aromatic heterocycles. The summed E-state index contributed by atoms with van der Waals surface area (Å²) in [6.07, 6.45) is 3.37. The largest absolute Gasteiger partial charge is 0.268 e. The smallest absolute Gasteiger partial charge is 0.0320 e. The summed E-state index contributed by atoms with van der Waals surface area (Å²) in [5, 5.41) is 1.96. The average Bonchev–Trinajstić information content (AvgIpc) is 3.07. The van der Waals surface area contributed by atoms with Crippen LogP contribution >= 0.6 is 0 Å². The zero-order valence-electron chi connectivity index (χ0n) is 10.1. The van der Waals surface area contributed by atoms with E-state index in [9.17, 15) is 0 Å². The molecular formula is C14H20N2. The molecule has 2 heteroatoms. The van der Waals surface area contributed by atoms with Gasteiger partial charge in [0.2, 0.25) is 0 Å². The van der Waals surface area contributed by atoms with E-state index in [4.69, 9.17) is 5.84 Å². The van der Waals surface area contributed by atoms with E-state index in [1.54, 1.807) is 0 Å². The van der Waals surface area contributed by atoms with Crippen molar-refractivity contribution in [3.05, 3.63) is 47.5 Å². The van der Waals surface area contributed by atoms with Crippen molar-refractivity contribution in [2.45, 2.75) is 32.2 Å². The lowest BCUT2D eigenvalue weighted by atomic mass is 10.1. The van der Waals surface area contributed by atoms with Gasteiger partial charge in [0.05, 0.1) is 0 Å².